The molecule has 0 aromatic heterocycles. The van der Waals surface area contributed by atoms with Crippen molar-refractivity contribution >= 4 is 6.29 Å². The number of rotatable bonds is 9. The number of ether oxygens (including phenoxy) is 2. The van der Waals surface area contributed by atoms with Gasteiger partial charge in [0.15, 0.2) is 24.0 Å². The summed E-state index contributed by atoms with van der Waals surface area (Å²) in [5.74, 6) is 1.28. The van der Waals surface area contributed by atoms with Crippen molar-refractivity contribution in [1.82, 2.24) is 4.90 Å². The summed E-state index contributed by atoms with van der Waals surface area (Å²) in [5, 5.41) is 20.8. The standard InChI is InChI=1S/C28H37NO5/c1-20(31)27(2)18-29(26(32)17-30)16-23(27)21-11-12-24(33-3)25(15-21)34-19-28(13-7-8-14-28)22-9-5-4-6-10-22/h4-6,9-12,15,17,20,23,26,31-32H,7-8,13-14,16,18-19H2,1-3H3/t20-,23?,26?,27?/m1/s1. The Kier molecular flexibility index (Phi) is 7.31. The first-order valence-corrected chi connectivity index (χ1v) is 12.2. The molecule has 2 aromatic rings. The van der Waals surface area contributed by atoms with Crippen molar-refractivity contribution in [2.45, 2.75) is 63.2 Å². The largest absolute Gasteiger partial charge is 0.493 e. The fourth-order valence-electron chi connectivity index (χ4n) is 5.85. The molecule has 0 amide bonds. The summed E-state index contributed by atoms with van der Waals surface area (Å²) >= 11 is 0. The number of nitrogens with zero attached hydrogens (tertiary/aromatic N) is 1. The van der Waals surface area contributed by atoms with Crippen molar-refractivity contribution in [1.29, 1.82) is 0 Å². The molecule has 0 spiro atoms. The number of likely N-dealkylation sites (tertiary alicyclic amines) is 1. The van der Waals surface area contributed by atoms with E-state index < -0.39 is 17.7 Å². The van der Waals surface area contributed by atoms with Crippen LogP contribution in [0.2, 0.25) is 0 Å². The lowest BCUT2D eigenvalue weighted by atomic mass is 9.72. The van der Waals surface area contributed by atoms with Crippen LogP contribution >= 0.6 is 0 Å². The van der Waals surface area contributed by atoms with Crippen molar-refractivity contribution in [2.75, 3.05) is 26.8 Å². The molecule has 2 N–H and O–H groups in total. The number of carbonyl (C=O) groups is 1. The van der Waals surface area contributed by atoms with Crippen molar-refractivity contribution < 1.29 is 24.5 Å². The van der Waals surface area contributed by atoms with Gasteiger partial charge in [-0.1, -0.05) is 56.2 Å². The smallest absolute Gasteiger partial charge is 0.163 e. The number of hydrogen-bond acceptors (Lipinski definition) is 6. The number of methoxy groups -OCH3 is 1. The summed E-state index contributed by atoms with van der Waals surface area (Å²) < 4.78 is 12.1. The summed E-state index contributed by atoms with van der Waals surface area (Å²) in [7, 11) is 1.64. The Morgan fingerprint density at radius 1 is 1.12 bits per heavy atom. The van der Waals surface area contributed by atoms with Gasteiger partial charge < -0.3 is 19.7 Å². The number of aliphatic hydroxyl groups excluding tert-OH is 2. The minimum atomic E-state index is -1.18. The van der Waals surface area contributed by atoms with E-state index in [4.69, 9.17) is 9.47 Å². The molecular weight excluding hydrogens is 430 g/mol. The first kappa shape index (κ1) is 24.7. The van der Waals surface area contributed by atoms with Gasteiger partial charge in [-0.05, 0) is 43.0 Å². The molecule has 34 heavy (non-hydrogen) atoms. The number of carbonyl (C=O) groups excluding carboxylic acids is 1. The van der Waals surface area contributed by atoms with E-state index in [1.165, 1.54) is 18.4 Å². The van der Waals surface area contributed by atoms with Crippen LogP contribution in [0.1, 0.15) is 56.6 Å². The zero-order chi connectivity index (χ0) is 24.3. The van der Waals surface area contributed by atoms with Crippen molar-refractivity contribution in [3.05, 3.63) is 59.7 Å². The Morgan fingerprint density at radius 2 is 1.82 bits per heavy atom. The van der Waals surface area contributed by atoms with Gasteiger partial charge in [0, 0.05) is 29.8 Å². The predicted octanol–water partition coefficient (Wildman–Crippen LogP) is 3.89. The lowest BCUT2D eigenvalue weighted by Gasteiger charge is -2.34. The highest BCUT2D eigenvalue weighted by Crippen LogP contribution is 2.48. The maximum absolute atomic E-state index is 11.2. The summed E-state index contributed by atoms with van der Waals surface area (Å²) in [6.45, 7) is 5.25. The Balaban J connectivity index is 1.62. The van der Waals surface area contributed by atoms with E-state index in [2.05, 4.69) is 24.3 Å². The Labute approximate surface area is 202 Å². The average Bonchev–Trinajstić information content (AvgIpc) is 3.49. The van der Waals surface area contributed by atoms with E-state index in [1.807, 2.05) is 31.2 Å². The van der Waals surface area contributed by atoms with Crippen LogP contribution in [0.3, 0.4) is 0 Å². The molecule has 2 fully saturated rings. The molecule has 1 aliphatic carbocycles. The minimum Gasteiger partial charge on any atom is -0.493 e. The Hall–Kier alpha value is -2.41. The lowest BCUT2D eigenvalue weighted by molar-refractivity contribution is -0.123. The van der Waals surface area contributed by atoms with E-state index in [1.54, 1.807) is 18.9 Å². The highest BCUT2D eigenvalue weighted by Gasteiger charge is 2.48. The first-order valence-electron chi connectivity index (χ1n) is 12.2. The monoisotopic (exact) mass is 467 g/mol. The van der Waals surface area contributed by atoms with Crippen LogP contribution in [-0.2, 0) is 10.2 Å². The summed E-state index contributed by atoms with van der Waals surface area (Å²) in [6, 6.07) is 16.5. The van der Waals surface area contributed by atoms with Gasteiger partial charge in [-0.3, -0.25) is 9.69 Å². The molecular formula is C28H37NO5. The van der Waals surface area contributed by atoms with Crippen LogP contribution < -0.4 is 9.47 Å². The molecule has 6 nitrogen and oxygen atoms in total. The molecule has 6 heteroatoms. The normalized spacial score (nSPS) is 26.2. The van der Waals surface area contributed by atoms with Gasteiger partial charge in [-0.15, -0.1) is 0 Å². The zero-order valence-corrected chi connectivity index (χ0v) is 20.4. The van der Waals surface area contributed by atoms with Crippen molar-refractivity contribution in [2.24, 2.45) is 5.41 Å². The van der Waals surface area contributed by atoms with Gasteiger partial charge in [0.05, 0.1) is 19.8 Å². The SMILES string of the molecule is COc1ccc(C2CN(C(O)C=O)CC2(C)[C@@H](C)O)cc1OCC1(c2ccccc2)CCCC1. The summed E-state index contributed by atoms with van der Waals surface area (Å²) in [6.07, 6.45) is 3.33. The van der Waals surface area contributed by atoms with E-state index in [-0.39, 0.29) is 11.3 Å². The number of aldehydes is 1. The molecule has 1 saturated carbocycles. The number of aliphatic hydroxyl groups is 2. The molecule has 2 aromatic carbocycles. The third-order valence-electron chi connectivity index (χ3n) is 8.25. The third-order valence-corrected chi connectivity index (χ3v) is 8.25. The molecule has 2 aliphatic rings. The quantitative estimate of drug-likeness (QED) is 0.545. The molecule has 4 rings (SSSR count). The molecule has 1 heterocycles. The highest BCUT2D eigenvalue weighted by molar-refractivity contribution is 5.55. The van der Waals surface area contributed by atoms with Gasteiger partial charge in [-0.25, -0.2) is 0 Å². The van der Waals surface area contributed by atoms with Crippen LogP contribution in [0.25, 0.3) is 0 Å². The predicted molar refractivity (Wildman–Crippen MR) is 131 cm³/mol. The van der Waals surface area contributed by atoms with Crippen LogP contribution in [0.5, 0.6) is 11.5 Å². The highest BCUT2D eigenvalue weighted by atomic mass is 16.5. The molecule has 0 bridgehead atoms. The summed E-state index contributed by atoms with van der Waals surface area (Å²) in [4.78, 5) is 12.9. The fraction of sp³-hybridized carbons (Fsp3) is 0.536. The minimum absolute atomic E-state index is 0.00533. The van der Waals surface area contributed by atoms with Crippen molar-refractivity contribution in [3.8, 4) is 11.5 Å². The number of benzene rings is 2. The molecule has 184 valence electrons. The molecule has 0 radical (unpaired) electrons. The Bertz CT molecular complexity index is 972. The topological polar surface area (TPSA) is 79.2 Å². The van der Waals surface area contributed by atoms with Crippen LogP contribution in [0, 0.1) is 5.41 Å². The van der Waals surface area contributed by atoms with E-state index in [0.717, 1.165) is 18.4 Å². The number of hydrogen-bond donors (Lipinski definition) is 2. The van der Waals surface area contributed by atoms with Gasteiger partial charge in [0.1, 0.15) is 0 Å². The lowest BCUT2D eigenvalue weighted by Crippen LogP contribution is -2.39. The van der Waals surface area contributed by atoms with Crippen LogP contribution in [0.15, 0.2) is 48.5 Å². The maximum Gasteiger partial charge on any atom is 0.163 e. The zero-order valence-electron chi connectivity index (χ0n) is 20.4. The fourth-order valence-corrected chi connectivity index (χ4v) is 5.85. The molecule has 1 aliphatic heterocycles. The maximum atomic E-state index is 11.2. The van der Waals surface area contributed by atoms with Gasteiger partial charge in [0.2, 0.25) is 0 Å². The summed E-state index contributed by atoms with van der Waals surface area (Å²) in [5.41, 5.74) is 1.79. The van der Waals surface area contributed by atoms with Gasteiger partial charge in [0.25, 0.3) is 0 Å². The van der Waals surface area contributed by atoms with E-state index in [9.17, 15) is 15.0 Å². The van der Waals surface area contributed by atoms with Crippen molar-refractivity contribution in [3.63, 3.8) is 0 Å². The average molecular weight is 468 g/mol. The second-order valence-corrected chi connectivity index (χ2v) is 10.3. The Morgan fingerprint density at radius 3 is 2.44 bits per heavy atom. The molecule has 4 atom stereocenters. The third kappa shape index (κ3) is 4.59. The second-order valence-electron chi connectivity index (χ2n) is 10.3. The molecule has 3 unspecified atom stereocenters. The first-order chi connectivity index (χ1) is 16.3. The van der Waals surface area contributed by atoms with E-state index in [0.29, 0.717) is 37.5 Å². The van der Waals surface area contributed by atoms with Crippen LogP contribution in [0.4, 0.5) is 0 Å². The van der Waals surface area contributed by atoms with Crippen LogP contribution in [-0.4, -0.2) is 60.5 Å². The second kappa shape index (κ2) is 10.1. The van der Waals surface area contributed by atoms with Gasteiger partial charge in [-0.2, -0.15) is 0 Å². The van der Waals surface area contributed by atoms with Gasteiger partial charge >= 0.3 is 0 Å². The molecule has 1 saturated heterocycles. The van der Waals surface area contributed by atoms with E-state index >= 15 is 0 Å².